The Balaban J connectivity index is 1.40. The molecule has 0 unspecified atom stereocenters. The first kappa shape index (κ1) is 16.4. The summed E-state index contributed by atoms with van der Waals surface area (Å²) < 4.78 is 5.48. The second kappa shape index (κ2) is 7.12. The summed E-state index contributed by atoms with van der Waals surface area (Å²) in [6.45, 7) is 3.58. The minimum absolute atomic E-state index is 0.722. The van der Waals surface area contributed by atoms with Crippen LogP contribution in [0, 0.1) is 5.92 Å². The maximum Gasteiger partial charge on any atom is 0.195 e. The lowest BCUT2D eigenvalue weighted by Gasteiger charge is -2.29. The smallest absolute Gasteiger partial charge is 0.195 e. The number of benzene rings is 1. The number of nitrogens with one attached hydrogen (secondary N) is 1. The van der Waals surface area contributed by atoms with Crippen molar-refractivity contribution >= 4 is 28.8 Å². The molecule has 1 saturated heterocycles. The lowest BCUT2D eigenvalue weighted by atomic mass is 9.96. The van der Waals surface area contributed by atoms with Gasteiger partial charge in [-0.15, -0.1) is 0 Å². The molecule has 27 heavy (non-hydrogen) atoms. The van der Waals surface area contributed by atoms with Crippen molar-refractivity contribution in [3.8, 4) is 11.3 Å². The van der Waals surface area contributed by atoms with E-state index < -0.39 is 0 Å². The van der Waals surface area contributed by atoms with Gasteiger partial charge in [0, 0.05) is 48.6 Å². The van der Waals surface area contributed by atoms with Crippen LogP contribution in [0.4, 0.5) is 11.6 Å². The largest absolute Gasteiger partial charge is 0.381 e. The standard InChI is InChI=1S/C21H23N5O/c1-2-18-17(3-7-22-18)13-16(1)19-14-24-20-21(25-19)26(10-8-23-20)9-4-15-5-11-27-12-6-15/h1-3,7-8,13-15,22H,4-6,9-12H2. The summed E-state index contributed by atoms with van der Waals surface area (Å²) in [6, 6.07) is 8.41. The van der Waals surface area contributed by atoms with Crippen LogP contribution in [0.25, 0.3) is 22.2 Å². The Hall–Kier alpha value is -2.73. The average molecular weight is 361 g/mol. The third kappa shape index (κ3) is 3.32. The van der Waals surface area contributed by atoms with Crippen molar-refractivity contribution < 1.29 is 4.74 Å². The van der Waals surface area contributed by atoms with E-state index in [0.717, 1.165) is 79.9 Å². The van der Waals surface area contributed by atoms with Crippen molar-refractivity contribution in [2.75, 3.05) is 31.2 Å². The number of anilines is 1. The van der Waals surface area contributed by atoms with Crippen LogP contribution in [0.2, 0.25) is 0 Å². The molecule has 0 spiro atoms. The normalized spacial score (nSPS) is 17.4. The molecule has 2 aliphatic heterocycles. The Labute approximate surface area is 158 Å². The minimum atomic E-state index is 0.722. The first-order valence-electron chi connectivity index (χ1n) is 9.66. The maximum atomic E-state index is 5.48. The van der Waals surface area contributed by atoms with Crippen LogP contribution in [0.1, 0.15) is 19.3 Å². The zero-order chi connectivity index (χ0) is 18.1. The molecule has 0 amide bonds. The van der Waals surface area contributed by atoms with Crippen LogP contribution in [0.3, 0.4) is 0 Å². The molecule has 0 saturated carbocycles. The van der Waals surface area contributed by atoms with E-state index in [2.05, 4.69) is 44.1 Å². The molecule has 1 fully saturated rings. The zero-order valence-electron chi connectivity index (χ0n) is 15.3. The molecule has 1 N–H and O–H groups in total. The number of aliphatic imine (C=N–C) groups is 1. The van der Waals surface area contributed by atoms with Gasteiger partial charge in [-0.2, -0.15) is 0 Å². The van der Waals surface area contributed by atoms with Crippen LogP contribution in [0.15, 0.2) is 41.7 Å². The monoisotopic (exact) mass is 361 g/mol. The SMILES string of the molecule is C1=Nc2ncc(-c3ccc4[nH]ccc4c3)nc2N(CCC2CCOCC2)C1. The topological polar surface area (TPSA) is 66.4 Å². The highest BCUT2D eigenvalue weighted by atomic mass is 16.5. The first-order chi connectivity index (χ1) is 13.4. The fraction of sp³-hybridized carbons (Fsp3) is 0.381. The number of nitrogens with zero attached hydrogens (tertiary/aromatic N) is 4. The third-order valence-corrected chi connectivity index (χ3v) is 5.55. The van der Waals surface area contributed by atoms with E-state index in [0.29, 0.717) is 0 Å². The Morgan fingerprint density at radius 1 is 1.19 bits per heavy atom. The second-order valence-corrected chi connectivity index (χ2v) is 7.28. The van der Waals surface area contributed by atoms with E-state index in [9.17, 15) is 0 Å². The molecular weight excluding hydrogens is 338 g/mol. The van der Waals surface area contributed by atoms with Crippen molar-refractivity contribution in [2.45, 2.75) is 19.3 Å². The number of ether oxygens (including phenoxy) is 1. The highest BCUT2D eigenvalue weighted by Gasteiger charge is 2.21. The van der Waals surface area contributed by atoms with Gasteiger partial charge < -0.3 is 14.6 Å². The van der Waals surface area contributed by atoms with Gasteiger partial charge in [-0.05, 0) is 43.4 Å². The number of hydrogen-bond donors (Lipinski definition) is 1. The molecule has 3 aromatic rings. The number of aromatic nitrogens is 3. The van der Waals surface area contributed by atoms with Crippen LogP contribution in [-0.4, -0.2) is 47.5 Å². The summed E-state index contributed by atoms with van der Waals surface area (Å²) >= 11 is 0. The van der Waals surface area contributed by atoms with Gasteiger partial charge >= 0.3 is 0 Å². The molecule has 0 radical (unpaired) electrons. The van der Waals surface area contributed by atoms with E-state index in [1.54, 1.807) is 0 Å². The van der Waals surface area contributed by atoms with Crippen LogP contribution in [-0.2, 0) is 4.74 Å². The predicted molar refractivity (Wildman–Crippen MR) is 108 cm³/mol. The third-order valence-electron chi connectivity index (χ3n) is 5.55. The van der Waals surface area contributed by atoms with Gasteiger partial charge in [0.2, 0.25) is 0 Å². The van der Waals surface area contributed by atoms with E-state index in [4.69, 9.17) is 9.72 Å². The zero-order valence-corrected chi connectivity index (χ0v) is 15.3. The summed E-state index contributed by atoms with van der Waals surface area (Å²) in [5, 5.41) is 1.18. The maximum absolute atomic E-state index is 5.48. The second-order valence-electron chi connectivity index (χ2n) is 7.28. The Bertz CT molecular complexity index is 974. The fourth-order valence-electron chi connectivity index (χ4n) is 3.91. The van der Waals surface area contributed by atoms with Crippen molar-refractivity contribution in [1.29, 1.82) is 0 Å². The molecule has 2 aromatic heterocycles. The van der Waals surface area contributed by atoms with E-state index >= 15 is 0 Å². The Kier molecular flexibility index (Phi) is 4.33. The van der Waals surface area contributed by atoms with Crippen LogP contribution in [0.5, 0.6) is 0 Å². The molecule has 6 heteroatoms. The number of hydrogen-bond acceptors (Lipinski definition) is 5. The van der Waals surface area contributed by atoms with Gasteiger partial charge in [0.15, 0.2) is 11.6 Å². The van der Waals surface area contributed by atoms with Gasteiger partial charge in [-0.25, -0.2) is 15.0 Å². The predicted octanol–water partition coefficient (Wildman–Crippen LogP) is 3.96. The molecule has 4 heterocycles. The number of aromatic amines is 1. The lowest BCUT2D eigenvalue weighted by molar-refractivity contribution is 0.0645. The lowest BCUT2D eigenvalue weighted by Crippen LogP contribution is -2.31. The fourth-order valence-corrected chi connectivity index (χ4v) is 3.91. The quantitative estimate of drug-likeness (QED) is 0.764. The average Bonchev–Trinajstić information content (AvgIpc) is 3.20. The molecule has 0 aliphatic carbocycles. The van der Waals surface area contributed by atoms with Crippen LogP contribution >= 0.6 is 0 Å². The molecule has 0 atom stereocenters. The highest BCUT2D eigenvalue weighted by Crippen LogP contribution is 2.31. The number of rotatable bonds is 4. The summed E-state index contributed by atoms with van der Waals surface area (Å²) in [5.41, 5.74) is 3.11. The van der Waals surface area contributed by atoms with Gasteiger partial charge in [0.25, 0.3) is 0 Å². The van der Waals surface area contributed by atoms with Crippen molar-refractivity contribution in [2.24, 2.45) is 10.9 Å². The Morgan fingerprint density at radius 2 is 2.11 bits per heavy atom. The van der Waals surface area contributed by atoms with E-state index in [1.165, 1.54) is 5.39 Å². The van der Waals surface area contributed by atoms with Crippen LogP contribution < -0.4 is 4.90 Å². The van der Waals surface area contributed by atoms with Crippen molar-refractivity contribution in [3.05, 3.63) is 36.7 Å². The molecule has 2 aliphatic rings. The molecule has 0 bridgehead atoms. The van der Waals surface area contributed by atoms with Gasteiger partial charge in [-0.1, -0.05) is 6.07 Å². The number of H-pyrrole nitrogens is 1. The first-order valence-corrected chi connectivity index (χ1v) is 9.66. The van der Waals surface area contributed by atoms with Gasteiger partial charge in [-0.3, -0.25) is 0 Å². The molecule has 1 aromatic carbocycles. The molecule has 5 rings (SSSR count). The molecule has 6 nitrogen and oxygen atoms in total. The molecular formula is C21H23N5O. The summed E-state index contributed by atoms with van der Waals surface area (Å²) in [5.74, 6) is 2.36. The highest BCUT2D eigenvalue weighted by molar-refractivity contribution is 5.85. The Morgan fingerprint density at radius 3 is 3.04 bits per heavy atom. The van der Waals surface area contributed by atoms with E-state index in [1.807, 2.05) is 18.6 Å². The van der Waals surface area contributed by atoms with Gasteiger partial charge in [0.05, 0.1) is 18.4 Å². The van der Waals surface area contributed by atoms with Crippen molar-refractivity contribution in [1.82, 2.24) is 15.0 Å². The minimum Gasteiger partial charge on any atom is -0.381 e. The summed E-state index contributed by atoms with van der Waals surface area (Å²) in [7, 11) is 0. The van der Waals surface area contributed by atoms with Crippen molar-refractivity contribution in [3.63, 3.8) is 0 Å². The van der Waals surface area contributed by atoms with Gasteiger partial charge in [0.1, 0.15) is 0 Å². The summed E-state index contributed by atoms with van der Waals surface area (Å²) in [4.78, 5) is 19.5. The van der Waals surface area contributed by atoms with E-state index in [-0.39, 0.29) is 0 Å². The molecule has 138 valence electrons. The summed E-state index contributed by atoms with van der Waals surface area (Å²) in [6.07, 6.45) is 9.21. The number of fused-ring (bicyclic) bond motifs is 2.